The second-order valence-electron chi connectivity index (χ2n) is 4.25. The maximum absolute atomic E-state index is 6.05. The van der Waals surface area contributed by atoms with Gasteiger partial charge < -0.3 is 20.1 Å². The van der Waals surface area contributed by atoms with Crippen molar-refractivity contribution in [2.75, 3.05) is 36.9 Å². The van der Waals surface area contributed by atoms with Crippen LogP contribution in [0.5, 0.6) is 11.5 Å². The summed E-state index contributed by atoms with van der Waals surface area (Å²) in [5, 5.41) is 0. The maximum atomic E-state index is 6.05. The van der Waals surface area contributed by atoms with Gasteiger partial charge in [0.25, 0.3) is 0 Å². The highest BCUT2D eigenvalue weighted by Gasteiger charge is 2.19. The highest BCUT2D eigenvalue weighted by atomic mass is 16.6. The molecule has 1 fully saturated rings. The van der Waals surface area contributed by atoms with Gasteiger partial charge >= 0.3 is 0 Å². The molecule has 0 saturated carbocycles. The van der Waals surface area contributed by atoms with Crippen LogP contribution in [0.25, 0.3) is 0 Å². The lowest BCUT2D eigenvalue weighted by atomic mass is 10.2. The molecule has 0 unspecified atom stereocenters. The molecule has 86 valence electrons. The summed E-state index contributed by atoms with van der Waals surface area (Å²) in [7, 11) is 0. The number of benzene rings is 1. The smallest absolute Gasteiger partial charge is 0.163 e. The highest BCUT2D eigenvalue weighted by Crippen LogP contribution is 2.39. The fraction of sp³-hybridized carbons (Fsp3) is 0.500. The normalized spacial score (nSPS) is 18.9. The molecule has 0 aliphatic carbocycles. The number of ether oxygens (including phenoxy) is 2. The van der Waals surface area contributed by atoms with E-state index in [0.29, 0.717) is 13.2 Å². The van der Waals surface area contributed by atoms with Gasteiger partial charge in [0, 0.05) is 25.2 Å². The van der Waals surface area contributed by atoms with Gasteiger partial charge in [0.2, 0.25) is 0 Å². The van der Waals surface area contributed by atoms with E-state index >= 15 is 0 Å². The van der Waals surface area contributed by atoms with Crippen LogP contribution in [0.3, 0.4) is 0 Å². The monoisotopic (exact) mass is 220 g/mol. The van der Waals surface area contributed by atoms with E-state index in [1.54, 1.807) is 0 Å². The molecule has 0 atom stereocenters. The molecule has 2 N–H and O–H groups in total. The molecule has 1 aromatic carbocycles. The number of hydrogen-bond donors (Lipinski definition) is 1. The molecule has 3 rings (SSSR count). The molecule has 2 aliphatic rings. The zero-order valence-corrected chi connectivity index (χ0v) is 9.24. The fourth-order valence-electron chi connectivity index (χ4n) is 2.33. The van der Waals surface area contributed by atoms with Crippen LogP contribution < -0.4 is 20.1 Å². The quantitative estimate of drug-likeness (QED) is 0.731. The van der Waals surface area contributed by atoms with E-state index in [1.165, 1.54) is 12.8 Å². The van der Waals surface area contributed by atoms with E-state index in [9.17, 15) is 0 Å². The Hall–Kier alpha value is -1.58. The minimum Gasteiger partial charge on any atom is -0.486 e. The standard InChI is InChI=1S/C12H16N2O2/c13-9-7-11-12(16-6-5-15-11)8-10(9)14-3-1-2-4-14/h7-8H,1-6,13H2. The van der Waals surface area contributed by atoms with E-state index in [2.05, 4.69) is 4.90 Å². The summed E-state index contributed by atoms with van der Waals surface area (Å²) in [4.78, 5) is 2.31. The van der Waals surface area contributed by atoms with Crippen molar-refractivity contribution in [3.63, 3.8) is 0 Å². The first-order valence-electron chi connectivity index (χ1n) is 5.79. The third-order valence-corrected chi connectivity index (χ3v) is 3.14. The molecular weight excluding hydrogens is 204 g/mol. The predicted molar refractivity (Wildman–Crippen MR) is 63.3 cm³/mol. The van der Waals surface area contributed by atoms with E-state index in [-0.39, 0.29) is 0 Å². The zero-order valence-electron chi connectivity index (χ0n) is 9.24. The maximum Gasteiger partial charge on any atom is 0.163 e. The Morgan fingerprint density at radius 2 is 1.62 bits per heavy atom. The lowest BCUT2D eigenvalue weighted by Crippen LogP contribution is -2.21. The molecule has 1 aromatic rings. The van der Waals surface area contributed by atoms with Gasteiger partial charge in [-0.2, -0.15) is 0 Å². The average Bonchev–Trinajstić information content (AvgIpc) is 2.81. The Bertz CT molecular complexity index is 400. The van der Waals surface area contributed by atoms with Crippen LogP contribution in [0.1, 0.15) is 12.8 Å². The molecule has 0 amide bonds. The zero-order chi connectivity index (χ0) is 11.0. The summed E-state index contributed by atoms with van der Waals surface area (Å²) in [6.45, 7) is 3.40. The van der Waals surface area contributed by atoms with Crippen LogP contribution >= 0.6 is 0 Å². The molecule has 16 heavy (non-hydrogen) atoms. The second kappa shape index (κ2) is 3.77. The minimum atomic E-state index is 0.607. The van der Waals surface area contributed by atoms with Gasteiger partial charge in [0.1, 0.15) is 13.2 Å². The van der Waals surface area contributed by atoms with Crippen LogP contribution in [0, 0.1) is 0 Å². The minimum absolute atomic E-state index is 0.607. The van der Waals surface area contributed by atoms with Crippen molar-refractivity contribution in [1.82, 2.24) is 0 Å². The largest absolute Gasteiger partial charge is 0.486 e. The van der Waals surface area contributed by atoms with Gasteiger partial charge in [-0.3, -0.25) is 0 Å². The lowest BCUT2D eigenvalue weighted by Gasteiger charge is -2.24. The molecule has 0 spiro atoms. The molecule has 0 radical (unpaired) electrons. The van der Waals surface area contributed by atoms with E-state index in [4.69, 9.17) is 15.2 Å². The number of rotatable bonds is 1. The topological polar surface area (TPSA) is 47.7 Å². The molecule has 2 aliphatic heterocycles. The molecule has 4 nitrogen and oxygen atoms in total. The summed E-state index contributed by atoms with van der Waals surface area (Å²) in [5.74, 6) is 1.59. The molecule has 0 bridgehead atoms. The van der Waals surface area contributed by atoms with E-state index < -0.39 is 0 Å². The summed E-state index contributed by atoms with van der Waals surface area (Å²) >= 11 is 0. The van der Waals surface area contributed by atoms with Crippen molar-refractivity contribution in [3.05, 3.63) is 12.1 Å². The number of hydrogen-bond acceptors (Lipinski definition) is 4. The predicted octanol–water partition coefficient (Wildman–Crippen LogP) is 1.64. The van der Waals surface area contributed by atoms with E-state index in [0.717, 1.165) is 36.0 Å². The van der Waals surface area contributed by atoms with Crippen LogP contribution in [0.4, 0.5) is 11.4 Å². The number of nitrogens with zero attached hydrogens (tertiary/aromatic N) is 1. The van der Waals surface area contributed by atoms with Gasteiger partial charge in [-0.25, -0.2) is 0 Å². The Balaban J connectivity index is 1.98. The van der Waals surface area contributed by atoms with Crippen LogP contribution in [0.15, 0.2) is 12.1 Å². The Morgan fingerprint density at radius 3 is 2.31 bits per heavy atom. The van der Waals surface area contributed by atoms with Gasteiger partial charge in [-0.05, 0) is 12.8 Å². The van der Waals surface area contributed by atoms with Crippen LogP contribution in [0.2, 0.25) is 0 Å². The second-order valence-corrected chi connectivity index (χ2v) is 4.25. The summed E-state index contributed by atoms with van der Waals surface area (Å²) in [6, 6.07) is 3.89. The van der Waals surface area contributed by atoms with Crippen LogP contribution in [-0.2, 0) is 0 Å². The number of nitrogens with two attached hydrogens (primary N) is 1. The molecule has 2 heterocycles. The first kappa shape index (κ1) is 9.63. The van der Waals surface area contributed by atoms with Crippen molar-refractivity contribution < 1.29 is 9.47 Å². The van der Waals surface area contributed by atoms with Gasteiger partial charge in [-0.1, -0.05) is 0 Å². The third-order valence-electron chi connectivity index (χ3n) is 3.14. The molecule has 4 heteroatoms. The third kappa shape index (κ3) is 1.54. The first-order chi connectivity index (χ1) is 7.84. The van der Waals surface area contributed by atoms with Crippen molar-refractivity contribution in [1.29, 1.82) is 0 Å². The lowest BCUT2D eigenvalue weighted by molar-refractivity contribution is 0.172. The van der Waals surface area contributed by atoms with E-state index in [1.807, 2.05) is 12.1 Å². The number of nitrogen functional groups attached to an aromatic ring is 1. The van der Waals surface area contributed by atoms with Gasteiger partial charge in [0.15, 0.2) is 11.5 Å². The van der Waals surface area contributed by atoms with Crippen molar-refractivity contribution in [3.8, 4) is 11.5 Å². The fourth-order valence-corrected chi connectivity index (χ4v) is 2.33. The number of fused-ring (bicyclic) bond motifs is 1. The Morgan fingerprint density at radius 1 is 1.00 bits per heavy atom. The van der Waals surface area contributed by atoms with Crippen molar-refractivity contribution in [2.24, 2.45) is 0 Å². The highest BCUT2D eigenvalue weighted by molar-refractivity contribution is 5.73. The summed E-state index contributed by atoms with van der Waals surface area (Å²) < 4.78 is 11.1. The SMILES string of the molecule is Nc1cc2c(cc1N1CCCC1)OCCO2. The Labute approximate surface area is 94.9 Å². The summed E-state index contributed by atoms with van der Waals surface area (Å²) in [5.41, 5.74) is 7.92. The molecular formula is C12H16N2O2. The van der Waals surface area contributed by atoms with Crippen LogP contribution in [-0.4, -0.2) is 26.3 Å². The first-order valence-corrected chi connectivity index (χ1v) is 5.79. The number of anilines is 2. The molecule has 0 aromatic heterocycles. The molecule has 1 saturated heterocycles. The Kier molecular flexibility index (Phi) is 2.27. The van der Waals surface area contributed by atoms with Crippen molar-refractivity contribution in [2.45, 2.75) is 12.8 Å². The average molecular weight is 220 g/mol. The van der Waals surface area contributed by atoms with Gasteiger partial charge in [0.05, 0.1) is 11.4 Å². The van der Waals surface area contributed by atoms with Crippen molar-refractivity contribution >= 4 is 11.4 Å². The van der Waals surface area contributed by atoms with Gasteiger partial charge in [-0.15, -0.1) is 0 Å². The summed E-state index contributed by atoms with van der Waals surface area (Å²) in [6.07, 6.45) is 2.49.